The number of nitrogens with zero attached hydrogens (tertiary/aromatic N) is 2. The second kappa shape index (κ2) is 7.57. The van der Waals surface area contributed by atoms with Gasteiger partial charge in [-0.3, -0.25) is 9.69 Å². The first kappa shape index (κ1) is 20.7. The third kappa shape index (κ3) is 4.57. The number of hydrogen-bond acceptors (Lipinski definition) is 4. The summed E-state index contributed by atoms with van der Waals surface area (Å²) in [5, 5.41) is 19.9. The number of aliphatic hydroxyl groups is 1. The number of aliphatic hydroxyl groups excluding tert-OH is 1. The van der Waals surface area contributed by atoms with E-state index in [1.807, 2.05) is 17.0 Å². The average Bonchev–Trinajstić information content (AvgIpc) is 2.53. The molecule has 0 spiro atoms. The summed E-state index contributed by atoms with van der Waals surface area (Å²) < 4.78 is 0. The van der Waals surface area contributed by atoms with Crippen LogP contribution >= 0.6 is 0 Å². The average molecular weight is 363 g/mol. The van der Waals surface area contributed by atoms with E-state index >= 15 is 0 Å². The maximum absolute atomic E-state index is 13.1. The lowest BCUT2D eigenvalue weighted by molar-refractivity contribution is 0.0612. The fourth-order valence-electron chi connectivity index (χ4n) is 3.29. The predicted molar refractivity (Wildman–Crippen MR) is 105 cm³/mol. The van der Waals surface area contributed by atoms with Crippen LogP contribution in [0.2, 0.25) is 0 Å². The largest absolute Gasteiger partial charge is 0.507 e. The quantitative estimate of drug-likeness (QED) is 0.868. The van der Waals surface area contributed by atoms with Crippen LogP contribution in [0.3, 0.4) is 0 Å². The molecule has 0 atom stereocenters. The molecule has 0 aromatic heterocycles. The third-order valence-corrected chi connectivity index (χ3v) is 5.09. The van der Waals surface area contributed by atoms with E-state index in [1.165, 1.54) is 0 Å². The van der Waals surface area contributed by atoms with E-state index in [0.29, 0.717) is 25.2 Å². The molecule has 146 valence electrons. The summed E-state index contributed by atoms with van der Waals surface area (Å²) in [5.41, 5.74) is 1.91. The number of piperazine rings is 1. The Balaban J connectivity index is 2.37. The van der Waals surface area contributed by atoms with Crippen molar-refractivity contribution in [1.29, 1.82) is 0 Å². The summed E-state index contributed by atoms with van der Waals surface area (Å²) in [7, 11) is 0. The molecule has 1 amide bonds. The van der Waals surface area contributed by atoms with Crippen molar-refractivity contribution in [3.63, 3.8) is 0 Å². The van der Waals surface area contributed by atoms with E-state index in [9.17, 15) is 9.90 Å². The zero-order valence-electron chi connectivity index (χ0n) is 17.1. The van der Waals surface area contributed by atoms with Gasteiger partial charge in [0.2, 0.25) is 0 Å². The first-order chi connectivity index (χ1) is 11.9. The van der Waals surface area contributed by atoms with Crippen molar-refractivity contribution in [3.8, 4) is 5.75 Å². The highest BCUT2D eigenvalue weighted by atomic mass is 16.3. The Morgan fingerprint density at radius 2 is 1.58 bits per heavy atom. The van der Waals surface area contributed by atoms with Gasteiger partial charge in [-0.05, 0) is 22.5 Å². The first-order valence-corrected chi connectivity index (χ1v) is 9.45. The van der Waals surface area contributed by atoms with Gasteiger partial charge in [0.15, 0.2) is 0 Å². The van der Waals surface area contributed by atoms with Crippen LogP contribution in [0.1, 0.15) is 63.0 Å². The molecule has 0 unspecified atom stereocenters. The number of β-amino-alcohol motifs (C(OH)–C–C–N with tert-alkyl or cyclic N) is 1. The van der Waals surface area contributed by atoms with E-state index in [4.69, 9.17) is 5.11 Å². The van der Waals surface area contributed by atoms with E-state index in [0.717, 1.165) is 24.2 Å². The van der Waals surface area contributed by atoms with Crippen molar-refractivity contribution in [2.24, 2.45) is 0 Å². The highest BCUT2D eigenvalue weighted by Crippen LogP contribution is 2.38. The first-order valence-electron chi connectivity index (χ1n) is 9.45. The van der Waals surface area contributed by atoms with Crippen LogP contribution in [0.4, 0.5) is 0 Å². The summed E-state index contributed by atoms with van der Waals surface area (Å²) in [6.45, 7) is 16.0. The van der Waals surface area contributed by atoms with Gasteiger partial charge in [-0.25, -0.2) is 0 Å². The molecule has 1 saturated heterocycles. The molecule has 1 aliphatic rings. The third-order valence-electron chi connectivity index (χ3n) is 5.09. The molecule has 5 heteroatoms. The normalized spacial score (nSPS) is 16.8. The van der Waals surface area contributed by atoms with E-state index in [1.54, 1.807) is 0 Å². The summed E-state index contributed by atoms with van der Waals surface area (Å²) in [6, 6.07) is 3.89. The molecule has 0 saturated carbocycles. The molecule has 1 fully saturated rings. The Hall–Kier alpha value is -1.59. The molecule has 1 heterocycles. The smallest absolute Gasteiger partial charge is 0.257 e. The second-order valence-electron chi connectivity index (χ2n) is 9.28. The number of phenolic OH excluding ortho intramolecular Hbond substituents is 1. The molecule has 2 N–H and O–H groups in total. The molecule has 0 aliphatic carbocycles. The molecule has 1 aliphatic heterocycles. The predicted octanol–water partition coefficient (Wildman–Crippen LogP) is 2.74. The fraction of sp³-hybridized carbons (Fsp3) is 0.667. The Labute approximate surface area is 157 Å². The topological polar surface area (TPSA) is 64.0 Å². The van der Waals surface area contributed by atoms with Crippen LogP contribution in [-0.4, -0.2) is 65.3 Å². The van der Waals surface area contributed by atoms with Crippen molar-refractivity contribution < 1.29 is 15.0 Å². The number of benzene rings is 1. The van der Waals surface area contributed by atoms with Crippen molar-refractivity contribution in [3.05, 3.63) is 28.8 Å². The van der Waals surface area contributed by atoms with Crippen LogP contribution in [0.5, 0.6) is 5.75 Å². The summed E-state index contributed by atoms with van der Waals surface area (Å²) in [5.74, 6) is -0.00367. The maximum Gasteiger partial charge on any atom is 0.257 e. The van der Waals surface area contributed by atoms with Gasteiger partial charge in [0, 0.05) is 38.3 Å². The van der Waals surface area contributed by atoms with Crippen LogP contribution in [-0.2, 0) is 10.8 Å². The van der Waals surface area contributed by atoms with Crippen LogP contribution < -0.4 is 0 Å². The summed E-state index contributed by atoms with van der Waals surface area (Å²) in [4.78, 5) is 17.1. The zero-order valence-corrected chi connectivity index (χ0v) is 17.1. The molecular formula is C21H34N2O3. The monoisotopic (exact) mass is 362 g/mol. The van der Waals surface area contributed by atoms with Gasteiger partial charge in [0.25, 0.3) is 5.91 Å². The van der Waals surface area contributed by atoms with Gasteiger partial charge in [0.05, 0.1) is 12.2 Å². The van der Waals surface area contributed by atoms with Crippen molar-refractivity contribution in [2.45, 2.75) is 52.4 Å². The molecule has 1 aromatic carbocycles. The van der Waals surface area contributed by atoms with Crippen molar-refractivity contribution >= 4 is 5.91 Å². The van der Waals surface area contributed by atoms with E-state index in [-0.39, 0.29) is 29.1 Å². The van der Waals surface area contributed by atoms with E-state index < -0.39 is 0 Å². The highest BCUT2D eigenvalue weighted by Gasteiger charge is 2.30. The SMILES string of the molecule is CC(C)(C)c1cc(C(=O)N2CCN(CCO)CC2)c(O)c(C(C)(C)C)c1. The number of hydrogen-bond donors (Lipinski definition) is 2. The second-order valence-corrected chi connectivity index (χ2v) is 9.28. The molecule has 0 bridgehead atoms. The molecule has 26 heavy (non-hydrogen) atoms. The Bertz CT molecular complexity index is 648. The minimum Gasteiger partial charge on any atom is -0.507 e. The lowest BCUT2D eigenvalue weighted by atomic mass is 9.78. The lowest BCUT2D eigenvalue weighted by Crippen LogP contribution is -2.49. The van der Waals surface area contributed by atoms with Gasteiger partial charge in [0.1, 0.15) is 5.75 Å². The standard InChI is InChI=1S/C21H34N2O3/c1-20(2,3)15-13-16(18(25)17(14-15)21(4,5)6)19(26)23-9-7-22(8-10-23)11-12-24/h13-14,24-25H,7-12H2,1-6H3. The number of aromatic hydroxyl groups is 1. The van der Waals surface area contributed by atoms with E-state index in [2.05, 4.69) is 46.4 Å². The Morgan fingerprint density at radius 1 is 1.00 bits per heavy atom. The molecular weight excluding hydrogens is 328 g/mol. The number of carbonyl (C=O) groups excluding carboxylic acids is 1. The number of rotatable bonds is 3. The molecule has 0 radical (unpaired) electrons. The fourth-order valence-corrected chi connectivity index (χ4v) is 3.29. The highest BCUT2D eigenvalue weighted by molar-refractivity contribution is 5.97. The minimum atomic E-state index is -0.250. The van der Waals surface area contributed by atoms with Crippen molar-refractivity contribution in [1.82, 2.24) is 9.80 Å². The van der Waals surface area contributed by atoms with Crippen LogP contribution in [0, 0.1) is 0 Å². The Morgan fingerprint density at radius 3 is 2.04 bits per heavy atom. The summed E-state index contributed by atoms with van der Waals surface area (Å²) in [6.07, 6.45) is 0. The maximum atomic E-state index is 13.1. The Kier molecular flexibility index (Phi) is 6.03. The molecule has 2 rings (SSSR count). The summed E-state index contributed by atoms with van der Waals surface area (Å²) >= 11 is 0. The van der Waals surface area contributed by atoms with Gasteiger partial charge in [-0.15, -0.1) is 0 Å². The van der Waals surface area contributed by atoms with Gasteiger partial charge < -0.3 is 15.1 Å². The lowest BCUT2D eigenvalue weighted by Gasteiger charge is -2.35. The molecule has 5 nitrogen and oxygen atoms in total. The number of carbonyl (C=O) groups is 1. The number of amides is 1. The minimum absolute atomic E-state index is 0.105. The molecule has 1 aromatic rings. The zero-order chi connectivity index (χ0) is 19.7. The van der Waals surface area contributed by atoms with Gasteiger partial charge in [-0.2, -0.15) is 0 Å². The van der Waals surface area contributed by atoms with Gasteiger partial charge in [-0.1, -0.05) is 47.6 Å². The van der Waals surface area contributed by atoms with Gasteiger partial charge >= 0.3 is 0 Å². The van der Waals surface area contributed by atoms with Crippen LogP contribution in [0.15, 0.2) is 12.1 Å². The van der Waals surface area contributed by atoms with Crippen LogP contribution in [0.25, 0.3) is 0 Å². The number of phenols is 1. The van der Waals surface area contributed by atoms with Crippen molar-refractivity contribution in [2.75, 3.05) is 39.3 Å².